The Morgan fingerprint density at radius 1 is 1.25 bits per heavy atom. The van der Waals surface area contributed by atoms with Gasteiger partial charge in [-0.3, -0.25) is 0 Å². The van der Waals surface area contributed by atoms with Crippen LogP contribution in [0.5, 0.6) is 0 Å². The zero-order chi connectivity index (χ0) is 2.71. The van der Waals surface area contributed by atoms with Gasteiger partial charge >= 0.3 is 0 Å². The van der Waals surface area contributed by atoms with Gasteiger partial charge in [-0.2, -0.15) is 0 Å². The number of rotatable bonds is 0. The maximum Gasteiger partial charge on any atom is 0.0403 e. The minimum atomic E-state index is 0. The average Bonchev–Trinajstić information content (AvgIpc) is 0.918. The number of hydrogen-bond donors (Lipinski definition) is 2. The van der Waals surface area contributed by atoms with Crippen LogP contribution in [0, 0.1) is 0 Å². The van der Waals surface area contributed by atoms with Gasteiger partial charge in [-0.25, -0.2) is 0 Å². The van der Waals surface area contributed by atoms with Crippen LogP contribution in [0.3, 0.4) is 0 Å². The predicted molar refractivity (Wildman–Crippen MR) is 20.5 cm³/mol. The van der Waals surface area contributed by atoms with Gasteiger partial charge in [-0.1, -0.05) is 0 Å². The predicted octanol–water partition coefficient (Wildman–Crippen LogP) is -0.717. The number of hydrogen-bond acceptors (Lipinski definition) is 2. The molecule has 2 nitrogen and oxygen atoms in total. The Balaban J connectivity index is 0. The minimum Gasteiger partial charge on any atom is -0.319 e. The van der Waals surface area contributed by atoms with Crippen LogP contribution < -0.4 is 11.5 Å². The van der Waals surface area contributed by atoms with Crippen LogP contribution >= 0.6 is 12.4 Å². The van der Waals surface area contributed by atoms with Crippen molar-refractivity contribution < 1.29 is 0 Å². The van der Waals surface area contributed by atoms with E-state index >= 15 is 0 Å². The van der Waals surface area contributed by atoms with Crippen molar-refractivity contribution >= 4 is 12.4 Å². The summed E-state index contributed by atoms with van der Waals surface area (Å²) in [6.45, 7) is 0.250. The maximum absolute atomic E-state index is 4.62. The molecule has 0 aliphatic heterocycles. The van der Waals surface area contributed by atoms with Crippen LogP contribution in [0.4, 0.5) is 0 Å². The van der Waals surface area contributed by atoms with Crippen LogP contribution in [-0.2, 0) is 0 Å². The molecule has 0 amide bonds. The monoisotopic (exact) mass is 82.0 g/mol. The molecule has 0 aliphatic rings. The molecule has 0 aromatic rings. The van der Waals surface area contributed by atoms with Gasteiger partial charge in [0.05, 0.1) is 0 Å². The summed E-state index contributed by atoms with van der Waals surface area (Å²) in [7, 11) is 0. The molecule has 0 saturated carbocycles. The minimum absolute atomic E-state index is 0. The third-order valence-electron chi connectivity index (χ3n) is 0. The second-order valence-corrected chi connectivity index (χ2v) is 0.236. The highest BCUT2D eigenvalue weighted by Crippen LogP contribution is 0.861. The fourth-order valence-electron chi connectivity index (χ4n) is 0. The Labute approximate surface area is 31.6 Å². The summed E-state index contributed by atoms with van der Waals surface area (Å²) in [5.74, 6) is 0. The summed E-state index contributed by atoms with van der Waals surface area (Å²) >= 11 is 0. The maximum atomic E-state index is 4.62. The Hall–Kier alpha value is 0.210. The van der Waals surface area contributed by atoms with E-state index in [1.54, 1.807) is 0 Å². The summed E-state index contributed by atoms with van der Waals surface area (Å²) in [6, 6.07) is 0. The van der Waals surface area contributed by atoms with E-state index in [1.807, 2.05) is 0 Å². The largest absolute Gasteiger partial charge is 0.319 e. The summed E-state index contributed by atoms with van der Waals surface area (Å²) in [5, 5.41) is 0. The molecule has 3 heteroatoms. The van der Waals surface area contributed by atoms with E-state index in [4.69, 9.17) is 0 Å². The summed E-state index contributed by atoms with van der Waals surface area (Å²) in [5.41, 5.74) is 9.25. The van der Waals surface area contributed by atoms with E-state index < -0.39 is 0 Å². The molecular weight excluding hydrogens is 75.5 g/mol. The molecule has 0 aromatic carbocycles. The summed E-state index contributed by atoms with van der Waals surface area (Å²) in [4.78, 5) is 0. The van der Waals surface area contributed by atoms with Crippen molar-refractivity contribution in [1.82, 2.24) is 0 Å². The van der Waals surface area contributed by atoms with Gasteiger partial charge in [0.25, 0.3) is 0 Å². The molecule has 0 aromatic heterocycles. The fraction of sp³-hybridized carbons (Fsp3) is 1.00. The third kappa shape index (κ3) is 73.4. The molecule has 0 fully saturated rings. The van der Waals surface area contributed by atoms with Crippen molar-refractivity contribution in [2.24, 2.45) is 11.5 Å². The van der Waals surface area contributed by atoms with Crippen molar-refractivity contribution in [1.29, 1.82) is 0 Å². The van der Waals surface area contributed by atoms with Crippen LogP contribution in [0.25, 0.3) is 0 Å². The lowest BCUT2D eigenvalue weighted by Gasteiger charge is -1.56. The van der Waals surface area contributed by atoms with Crippen molar-refractivity contribution in [2.75, 3.05) is 6.67 Å². The summed E-state index contributed by atoms with van der Waals surface area (Å²) in [6.07, 6.45) is 0. The van der Waals surface area contributed by atoms with Crippen LogP contribution in [0.2, 0.25) is 0 Å². The van der Waals surface area contributed by atoms with Gasteiger partial charge in [-0.15, -0.1) is 12.4 Å². The zero-order valence-electron chi connectivity index (χ0n) is 2.27. The van der Waals surface area contributed by atoms with Crippen molar-refractivity contribution in [3.8, 4) is 0 Å². The van der Waals surface area contributed by atoms with E-state index in [-0.39, 0.29) is 19.1 Å². The van der Waals surface area contributed by atoms with Crippen molar-refractivity contribution in [3.05, 3.63) is 0 Å². The van der Waals surface area contributed by atoms with Gasteiger partial charge in [-0.05, 0) is 0 Å². The molecule has 28 valence electrons. The van der Waals surface area contributed by atoms with Crippen LogP contribution in [0.1, 0.15) is 0 Å². The molecule has 4 heavy (non-hydrogen) atoms. The molecule has 0 saturated heterocycles. The second kappa shape index (κ2) is 10.7. The molecular formula is CH7ClN2. The molecule has 0 radical (unpaired) electrons. The first-order valence-corrected chi connectivity index (χ1v) is 0.816. The summed E-state index contributed by atoms with van der Waals surface area (Å²) < 4.78 is 0. The van der Waals surface area contributed by atoms with E-state index in [0.29, 0.717) is 0 Å². The molecule has 0 bridgehead atoms. The Bertz CT molecular complexity index is 6.00. The quantitative estimate of drug-likeness (QED) is 0.379. The molecule has 0 aliphatic carbocycles. The van der Waals surface area contributed by atoms with Crippen molar-refractivity contribution in [2.45, 2.75) is 0 Å². The van der Waals surface area contributed by atoms with Gasteiger partial charge in [0.15, 0.2) is 0 Å². The topological polar surface area (TPSA) is 52.0 Å². The Morgan fingerprint density at radius 2 is 1.25 bits per heavy atom. The Kier molecular flexibility index (Phi) is 23.8. The van der Waals surface area contributed by atoms with Crippen LogP contribution in [0.15, 0.2) is 0 Å². The second-order valence-electron chi connectivity index (χ2n) is 0.236. The molecule has 0 spiro atoms. The van der Waals surface area contributed by atoms with Gasteiger partial charge in [0.2, 0.25) is 0 Å². The first-order valence-electron chi connectivity index (χ1n) is 0.816. The normalized spacial score (nSPS) is 4.50. The third-order valence-corrected chi connectivity index (χ3v) is 0. The molecule has 0 atom stereocenters. The fourth-order valence-corrected chi connectivity index (χ4v) is 0. The smallest absolute Gasteiger partial charge is 0.0403 e. The van der Waals surface area contributed by atoms with E-state index in [2.05, 4.69) is 11.5 Å². The van der Waals surface area contributed by atoms with Gasteiger partial charge < -0.3 is 11.5 Å². The SMILES string of the molecule is Cl.NCN. The Morgan fingerprint density at radius 3 is 1.25 bits per heavy atom. The highest BCUT2D eigenvalue weighted by atomic mass is 35.5. The lowest BCUT2D eigenvalue weighted by molar-refractivity contribution is 1.07. The highest BCUT2D eigenvalue weighted by molar-refractivity contribution is 5.85. The lowest BCUT2D eigenvalue weighted by atomic mass is 11.3. The first-order chi connectivity index (χ1) is 1.41. The number of nitrogens with two attached hydrogens (primary N) is 2. The lowest BCUT2D eigenvalue weighted by Crippen LogP contribution is -2.08. The average molecular weight is 82.5 g/mol. The van der Waals surface area contributed by atoms with E-state index in [0.717, 1.165) is 0 Å². The van der Waals surface area contributed by atoms with Gasteiger partial charge in [0, 0.05) is 6.67 Å². The standard InChI is InChI=1S/CH6N2.ClH/c2-1-3;/h1-3H2;1H. The highest BCUT2D eigenvalue weighted by Gasteiger charge is 1.29. The molecule has 4 N–H and O–H groups in total. The first kappa shape index (κ1) is 8.88. The molecule has 0 rings (SSSR count). The van der Waals surface area contributed by atoms with E-state index in [9.17, 15) is 0 Å². The molecule has 0 unspecified atom stereocenters. The van der Waals surface area contributed by atoms with Crippen molar-refractivity contribution in [3.63, 3.8) is 0 Å². The number of halogens is 1. The zero-order valence-corrected chi connectivity index (χ0v) is 3.09. The van der Waals surface area contributed by atoms with E-state index in [1.165, 1.54) is 0 Å². The van der Waals surface area contributed by atoms with Crippen LogP contribution in [-0.4, -0.2) is 6.67 Å². The van der Waals surface area contributed by atoms with Gasteiger partial charge in [0.1, 0.15) is 0 Å². The molecule has 0 heterocycles.